The van der Waals surface area contributed by atoms with Gasteiger partial charge in [-0.25, -0.2) is 4.79 Å². The molecule has 1 aromatic carbocycles. The molecule has 2 aliphatic heterocycles. The van der Waals surface area contributed by atoms with Crippen LogP contribution in [-0.4, -0.2) is 73.2 Å². The van der Waals surface area contributed by atoms with E-state index in [2.05, 4.69) is 66.1 Å². The van der Waals surface area contributed by atoms with Crippen molar-refractivity contribution in [1.82, 2.24) is 14.7 Å². The first-order valence-electron chi connectivity index (χ1n) is 12.7. The number of hydrogen-bond acceptors (Lipinski definition) is 3. The zero-order chi connectivity index (χ0) is 22.4. The van der Waals surface area contributed by atoms with Crippen molar-refractivity contribution >= 4 is 6.03 Å². The minimum Gasteiger partial charge on any atom is -0.380 e. The van der Waals surface area contributed by atoms with Gasteiger partial charge in [0.2, 0.25) is 0 Å². The molecule has 0 unspecified atom stereocenters. The predicted molar refractivity (Wildman–Crippen MR) is 128 cm³/mol. The van der Waals surface area contributed by atoms with E-state index in [1.807, 2.05) is 0 Å². The maximum atomic E-state index is 13.7. The maximum Gasteiger partial charge on any atom is 0.320 e. The quantitative estimate of drug-likeness (QED) is 0.617. The Hall–Kier alpha value is -1.59. The van der Waals surface area contributed by atoms with Crippen LogP contribution in [0.3, 0.4) is 0 Å². The number of hydrogen-bond donors (Lipinski definition) is 0. The van der Waals surface area contributed by atoms with Crippen LogP contribution in [0, 0.1) is 11.3 Å². The SMILES string of the molecule is CN(C)C1(c2ccccc2)CCC2(CC1)CN(CCC1(C)COC1)C(=O)N2CC1CCC1. The minimum atomic E-state index is 0.0119. The molecule has 1 spiro atoms. The number of carbonyl (C=O) groups is 1. The lowest BCUT2D eigenvalue weighted by Crippen LogP contribution is -2.56. The maximum absolute atomic E-state index is 13.7. The molecule has 4 fully saturated rings. The number of benzene rings is 1. The van der Waals surface area contributed by atoms with Gasteiger partial charge < -0.3 is 14.5 Å². The summed E-state index contributed by atoms with van der Waals surface area (Å²) in [7, 11) is 4.45. The fraction of sp³-hybridized carbons (Fsp3) is 0.741. The van der Waals surface area contributed by atoms with Crippen LogP contribution in [0.15, 0.2) is 30.3 Å². The first kappa shape index (κ1) is 22.2. The fourth-order valence-corrected chi connectivity index (χ4v) is 6.56. The third-order valence-corrected chi connectivity index (χ3v) is 9.29. The van der Waals surface area contributed by atoms with E-state index < -0.39 is 0 Å². The molecule has 0 bridgehead atoms. The van der Waals surface area contributed by atoms with Crippen molar-refractivity contribution in [3.05, 3.63) is 35.9 Å². The van der Waals surface area contributed by atoms with Crippen molar-refractivity contribution in [2.24, 2.45) is 11.3 Å². The average molecular weight is 440 g/mol. The van der Waals surface area contributed by atoms with Gasteiger partial charge in [-0.05, 0) is 70.5 Å². The third-order valence-electron chi connectivity index (χ3n) is 9.29. The van der Waals surface area contributed by atoms with Crippen LogP contribution < -0.4 is 0 Å². The summed E-state index contributed by atoms with van der Waals surface area (Å²) in [5.41, 5.74) is 1.76. The van der Waals surface area contributed by atoms with Gasteiger partial charge in [-0.1, -0.05) is 43.7 Å². The van der Waals surface area contributed by atoms with Crippen molar-refractivity contribution in [2.75, 3.05) is 46.9 Å². The van der Waals surface area contributed by atoms with E-state index in [1.54, 1.807) is 0 Å². The summed E-state index contributed by atoms with van der Waals surface area (Å²) in [6.45, 7) is 6.73. The summed E-state index contributed by atoms with van der Waals surface area (Å²) in [5.74, 6) is 0.711. The number of urea groups is 1. The zero-order valence-electron chi connectivity index (χ0n) is 20.3. The van der Waals surface area contributed by atoms with E-state index in [1.165, 1.54) is 24.8 Å². The Labute approximate surface area is 194 Å². The summed E-state index contributed by atoms with van der Waals surface area (Å²) < 4.78 is 5.45. The lowest BCUT2D eigenvalue weighted by molar-refractivity contribution is -0.107. The Morgan fingerprint density at radius 3 is 2.28 bits per heavy atom. The molecule has 0 N–H and O–H groups in total. The normalized spacial score (nSPS) is 32.4. The predicted octanol–water partition coefficient (Wildman–Crippen LogP) is 4.72. The summed E-state index contributed by atoms with van der Waals surface area (Å²) in [6.07, 6.45) is 9.37. The molecule has 2 amide bonds. The topological polar surface area (TPSA) is 36.0 Å². The highest BCUT2D eigenvalue weighted by Crippen LogP contribution is 2.49. The molecular formula is C27H41N3O2. The van der Waals surface area contributed by atoms with Gasteiger partial charge in [0.25, 0.3) is 0 Å². The van der Waals surface area contributed by atoms with Gasteiger partial charge in [0.15, 0.2) is 0 Å². The van der Waals surface area contributed by atoms with Gasteiger partial charge in [0.1, 0.15) is 0 Å². The molecule has 176 valence electrons. The molecule has 2 saturated carbocycles. The van der Waals surface area contributed by atoms with Crippen LogP contribution in [-0.2, 0) is 10.3 Å². The van der Waals surface area contributed by atoms with Crippen LogP contribution in [0.25, 0.3) is 0 Å². The van der Waals surface area contributed by atoms with Crippen LogP contribution in [0.2, 0.25) is 0 Å². The Balaban J connectivity index is 1.35. The summed E-state index contributed by atoms with van der Waals surface area (Å²) >= 11 is 0. The van der Waals surface area contributed by atoms with Gasteiger partial charge in [-0.15, -0.1) is 0 Å². The van der Waals surface area contributed by atoms with Crippen LogP contribution in [0.1, 0.15) is 63.9 Å². The van der Waals surface area contributed by atoms with E-state index in [0.29, 0.717) is 11.9 Å². The molecule has 0 aromatic heterocycles. The largest absolute Gasteiger partial charge is 0.380 e. The Morgan fingerprint density at radius 1 is 1.06 bits per heavy atom. The van der Waals surface area contributed by atoms with Gasteiger partial charge in [0.05, 0.1) is 18.8 Å². The fourth-order valence-electron chi connectivity index (χ4n) is 6.56. The number of ether oxygens (including phenoxy) is 1. The number of nitrogens with zero attached hydrogens (tertiary/aromatic N) is 3. The summed E-state index contributed by atoms with van der Waals surface area (Å²) in [4.78, 5) is 20.6. The molecule has 0 atom stereocenters. The molecule has 0 radical (unpaired) electrons. The molecular weight excluding hydrogens is 398 g/mol. The Bertz CT molecular complexity index is 807. The standard InChI is InChI=1S/C27H41N3O2/c1-25(20-32-21-25)16-17-29-19-26(30(24(29)31)18-22-8-7-9-22)12-14-27(15-13-26,28(2)3)23-10-5-4-6-11-23/h4-6,10-11,22H,7-9,12-21H2,1-3H3. The van der Waals surface area contributed by atoms with Crippen LogP contribution in [0.5, 0.6) is 0 Å². The highest BCUT2D eigenvalue weighted by molar-refractivity contribution is 5.78. The molecule has 5 rings (SSSR count). The van der Waals surface area contributed by atoms with Gasteiger partial charge in [-0.3, -0.25) is 4.90 Å². The first-order chi connectivity index (χ1) is 15.4. The van der Waals surface area contributed by atoms with E-state index in [0.717, 1.165) is 65.0 Å². The summed E-state index contributed by atoms with van der Waals surface area (Å²) in [5, 5.41) is 0. The molecule has 2 heterocycles. The molecule has 5 nitrogen and oxygen atoms in total. The number of carbonyl (C=O) groups excluding carboxylic acids is 1. The molecule has 2 aliphatic carbocycles. The van der Waals surface area contributed by atoms with E-state index in [4.69, 9.17) is 4.74 Å². The highest BCUT2D eigenvalue weighted by atomic mass is 16.5. The van der Waals surface area contributed by atoms with E-state index in [9.17, 15) is 4.79 Å². The second-order valence-electron chi connectivity index (χ2n) is 11.7. The smallest absolute Gasteiger partial charge is 0.320 e. The molecule has 5 heteroatoms. The van der Waals surface area contributed by atoms with Crippen LogP contribution in [0.4, 0.5) is 4.79 Å². The third kappa shape index (κ3) is 3.75. The van der Waals surface area contributed by atoms with Crippen molar-refractivity contribution < 1.29 is 9.53 Å². The lowest BCUT2D eigenvalue weighted by atomic mass is 9.68. The lowest BCUT2D eigenvalue weighted by Gasteiger charge is -2.51. The van der Waals surface area contributed by atoms with Crippen molar-refractivity contribution in [2.45, 2.75) is 69.4 Å². The Kier molecular flexibility index (Phi) is 5.78. The molecule has 2 saturated heterocycles. The van der Waals surface area contributed by atoms with E-state index >= 15 is 0 Å². The van der Waals surface area contributed by atoms with Crippen LogP contribution >= 0.6 is 0 Å². The van der Waals surface area contributed by atoms with Crippen molar-refractivity contribution in [1.29, 1.82) is 0 Å². The van der Waals surface area contributed by atoms with Gasteiger partial charge in [-0.2, -0.15) is 0 Å². The highest BCUT2D eigenvalue weighted by Gasteiger charge is 2.55. The monoisotopic (exact) mass is 439 g/mol. The minimum absolute atomic E-state index is 0.0119. The molecule has 4 aliphatic rings. The average Bonchev–Trinajstić information content (AvgIpc) is 2.99. The molecule has 32 heavy (non-hydrogen) atoms. The summed E-state index contributed by atoms with van der Waals surface area (Å²) in [6, 6.07) is 11.3. The second kappa shape index (κ2) is 8.32. The second-order valence-corrected chi connectivity index (χ2v) is 11.7. The van der Waals surface area contributed by atoms with Crippen molar-refractivity contribution in [3.63, 3.8) is 0 Å². The van der Waals surface area contributed by atoms with Gasteiger partial charge >= 0.3 is 6.03 Å². The van der Waals surface area contributed by atoms with Gasteiger partial charge in [0, 0.05) is 30.6 Å². The number of rotatable bonds is 7. The number of amides is 2. The Morgan fingerprint density at radius 2 is 1.75 bits per heavy atom. The molecule has 1 aromatic rings. The van der Waals surface area contributed by atoms with Crippen molar-refractivity contribution in [3.8, 4) is 0 Å². The first-order valence-corrected chi connectivity index (χ1v) is 12.7. The zero-order valence-corrected chi connectivity index (χ0v) is 20.3. The van der Waals surface area contributed by atoms with E-state index in [-0.39, 0.29) is 16.5 Å².